The van der Waals surface area contributed by atoms with E-state index in [0.717, 1.165) is 47.3 Å². The van der Waals surface area contributed by atoms with Crippen LogP contribution in [0.4, 0.5) is 0 Å². The van der Waals surface area contributed by atoms with Crippen molar-refractivity contribution in [3.8, 4) is 17.2 Å². The summed E-state index contributed by atoms with van der Waals surface area (Å²) in [5, 5.41) is 10.5. The van der Waals surface area contributed by atoms with E-state index in [1.54, 1.807) is 12.1 Å². The van der Waals surface area contributed by atoms with E-state index in [9.17, 15) is 10.1 Å². The fourth-order valence-electron chi connectivity index (χ4n) is 4.41. The topological polar surface area (TPSA) is 57.0 Å². The van der Waals surface area contributed by atoms with Crippen molar-refractivity contribution >= 4 is 40.7 Å². The van der Waals surface area contributed by atoms with Crippen LogP contribution >= 0.6 is 34.8 Å². The number of nitrogens with zero attached hydrogens (tertiary/aromatic N) is 3. The Hall–Kier alpha value is -1.80. The number of halogens is 3. The van der Waals surface area contributed by atoms with E-state index in [4.69, 9.17) is 34.8 Å². The van der Waals surface area contributed by atoms with Crippen molar-refractivity contribution < 1.29 is 4.79 Å². The second kappa shape index (κ2) is 7.55. The van der Waals surface area contributed by atoms with E-state index in [-0.39, 0.29) is 23.7 Å². The Kier molecular flexibility index (Phi) is 5.26. The van der Waals surface area contributed by atoms with Gasteiger partial charge in [0.05, 0.1) is 29.8 Å². The Labute approximate surface area is 179 Å². The molecule has 1 aromatic carbocycles. The molecule has 2 unspecified atom stereocenters. The summed E-state index contributed by atoms with van der Waals surface area (Å²) in [5.41, 5.74) is 4.31. The largest absolute Gasteiger partial charge is 0.328 e. The van der Waals surface area contributed by atoms with Gasteiger partial charge in [0.25, 0.3) is 5.91 Å². The molecule has 1 aliphatic carbocycles. The second-order valence-electron chi connectivity index (χ2n) is 7.30. The van der Waals surface area contributed by atoms with Gasteiger partial charge < -0.3 is 4.90 Å². The Morgan fingerprint density at radius 1 is 1.29 bits per heavy atom. The average Bonchev–Trinajstić information content (AvgIpc) is 3.25. The Morgan fingerprint density at radius 2 is 2.07 bits per heavy atom. The molecule has 2 aliphatic rings. The van der Waals surface area contributed by atoms with E-state index >= 15 is 0 Å². The number of hydrogen-bond donors (Lipinski definition) is 0. The lowest BCUT2D eigenvalue weighted by Crippen LogP contribution is -2.37. The molecule has 0 saturated heterocycles. The zero-order valence-corrected chi connectivity index (χ0v) is 17.6. The highest BCUT2D eigenvalue weighted by atomic mass is 35.5. The molecule has 2 aromatic rings. The van der Waals surface area contributed by atoms with E-state index in [2.05, 4.69) is 11.1 Å². The van der Waals surface area contributed by atoms with Gasteiger partial charge in [-0.25, -0.2) is 0 Å². The maximum absolute atomic E-state index is 13.5. The molecule has 1 saturated carbocycles. The molecular formula is C21H18Cl3N3O. The lowest BCUT2D eigenvalue weighted by Gasteiger charge is -2.26. The van der Waals surface area contributed by atoms with E-state index in [1.165, 1.54) is 0 Å². The van der Waals surface area contributed by atoms with Gasteiger partial charge in [-0.3, -0.25) is 9.78 Å². The molecule has 4 nitrogen and oxygen atoms in total. The van der Waals surface area contributed by atoms with Gasteiger partial charge in [-0.2, -0.15) is 5.26 Å². The number of carbonyl (C=O) groups is 1. The number of rotatable bonds is 3. The Morgan fingerprint density at radius 3 is 2.75 bits per heavy atom. The summed E-state index contributed by atoms with van der Waals surface area (Å²) < 4.78 is 0. The predicted molar refractivity (Wildman–Crippen MR) is 111 cm³/mol. The summed E-state index contributed by atoms with van der Waals surface area (Å²) >= 11 is 18.8. The summed E-state index contributed by atoms with van der Waals surface area (Å²) in [6.07, 6.45) is 2.63. The van der Waals surface area contributed by atoms with Crippen LogP contribution in [0, 0.1) is 24.2 Å². The predicted octanol–water partition coefficient (Wildman–Crippen LogP) is 5.75. The van der Waals surface area contributed by atoms with Crippen molar-refractivity contribution in [3.63, 3.8) is 0 Å². The van der Waals surface area contributed by atoms with Crippen LogP contribution in [0.5, 0.6) is 0 Å². The lowest BCUT2D eigenvalue weighted by atomic mass is 9.93. The monoisotopic (exact) mass is 433 g/mol. The maximum atomic E-state index is 13.5. The highest BCUT2D eigenvalue weighted by Crippen LogP contribution is 2.42. The van der Waals surface area contributed by atoms with Crippen molar-refractivity contribution in [1.29, 1.82) is 5.26 Å². The van der Waals surface area contributed by atoms with Gasteiger partial charge in [0.1, 0.15) is 0 Å². The quantitative estimate of drug-likeness (QED) is 0.578. The van der Waals surface area contributed by atoms with E-state index in [0.29, 0.717) is 22.2 Å². The van der Waals surface area contributed by atoms with Crippen molar-refractivity contribution in [2.45, 2.75) is 44.7 Å². The van der Waals surface area contributed by atoms with Crippen LogP contribution in [-0.2, 0) is 12.4 Å². The number of aryl methyl sites for hydroxylation is 1. The normalized spacial score (nSPS) is 21.1. The molecule has 1 fully saturated rings. The number of fused-ring (bicyclic) bond motifs is 1. The summed E-state index contributed by atoms with van der Waals surface area (Å²) in [4.78, 5) is 20.0. The molecule has 2 atom stereocenters. The molecule has 2 heterocycles. The molecule has 28 heavy (non-hydrogen) atoms. The number of aromatic nitrogens is 1. The molecule has 0 N–H and O–H groups in total. The molecule has 0 radical (unpaired) electrons. The summed E-state index contributed by atoms with van der Waals surface area (Å²) in [6.45, 7) is 2.31. The van der Waals surface area contributed by atoms with Crippen molar-refractivity contribution in [2.24, 2.45) is 5.92 Å². The molecule has 4 rings (SSSR count). The number of carbonyl (C=O) groups excluding carboxylic acids is 1. The second-order valence-corrected chi connectivity index (χ2v) is 8.41. The van der Waals surface area contributed by atoms with Crippen molar-refractivity contribution in [1.82, 2.24) is 9.88 Å². The molecule has 1 aromatic heterocycles. The third-order valence-corrected chi connectivity index (χ3v) is 6.57. The lowest BCUT2D eigenvalue weighted by molar-refractivity contribution is 0.0683. The maximum Gasteiger partial charge on any atom is 0.257 e. The van der Waals surface area contributed by atoms with Crippen molar-refractivity contribution in [3.05, 3.63) is 50.8 Å². The van der Waals surface area contributed by atoms with Crippen LogP contribution < -0.4 is 0 Å². The van der Waals surface area contributed by atoms with Crippen LogP contribution in [0.3, 0.4) is 0 Å². The van der Waals surface area contributed by atoms with Gasteiger partial charge in [0, 0.05) is 38.8 Å². The fourth-order valence-corrected chi connectivity index (χ4v) is 5.24. The zero-order chi connectivity index (χ0) is 20.0. The van der Waals surface area contributed by atoms with E-state index < -0.39 is 0 Å². The first-order valence-corrected chi connectivity index (χ1v) is 10.5. The van der Waals surface area contributed by atoms with Crippen molar-refractivity contribution in [2.75, 3.05) is 0 Å². The first kappa shape index (κ1) is 19.5. The Bertz CT molecular complexity index is 1010. The summed E-state index contributed by atoms with van der Waals surface area (Å²) in [6, 6.07) is 7.53. The fraction of sp³-hybridized carbons (Fsp3) is 0.381. The number of alkyl halides is 1. The van der Waals surface area contributed by atoms with Crippen LogP contribution in [0.15, 0.2) is 18.2 Å². The highest BCUT2D eigenvalue weighted by molar-refractivity contribution is 6.36. The molecule has 1 amide bonds. The first-order valence-electron chi connectivity index (χ1n) is 9.20. The summed E-state index contributed by atoms with van der Waals surface area (Å²) in [7, 11) is 0. The number of hydrogen-bond acceptors (Lipinski definition) is 3. The minimum atomic E-state index is -0.130. The number of nitriles is 1. The first-order chi connectivity index (χ1) is 13.5. The molecule has 0 spiro atoms. The van der Waals surface area contributed by atoms with E-state index in [1.807, 2.05) is 17.9 Å². The van der Waals surface area contributed by atoms with Gasteiger partial charge in [-0.1, -0.05) is 29.3 Å². The Balaban J connectivity index is 1.89. The van der Waals surface area contributed by atoms with Gasteiger partial charge in [-0.05, 0) is 43.9 Å². The molecule has 1 aliphatic heterocycles. The van der Waals surface area contributed by atoms with Gasteiger partial charge in [0.15, 0.2) is 0 Å². The number of pyridine rings is 1. The summed E-state index contributed by atoms with van der Waals surface area (Å²) in [5.74, 6) is -0.00533. The third kappa shape index (κ3) is 3.06. The van der Waals surface area contributed by atoms with Crippen LogP contribution in [0.2, 0.25) is 10.0 Å². The minimum absolute atomic E-state index is 0.0694. The van der Waals surface area contributed by atoms with Crippen LogP contribution in [-0.4, -0.2) is 21.8 Å². The molecule has 7 heteroatoms. The minimum Gasteiger partial charge on any atom is -0.328 e. The van der Waals surface area contributed by atoms with Gasteiger partial charge in [0.2, 0.25) is 0 Å². The molecule has 144 valence electrons. The SMILES string of the molecule is Cc1nc2c(c(-c3ccc(Cl)cc3Cl)c1CCl)C(=O)N(C1CCCC1C#N)C2. The standard InChI is InChI=1S/C21H18Cl3N3O/c1-11-15(8-22)19(14-6-5-13(23)7-16(14)24)20-17(26-11)10-27(21(20)28)18-4-2-3-12(18)9-25/h5-7,12,18H,2-4,8,10H2,1H3. The van der Waals surface area contributed by atoms with Gasteiger partial charge >= 0.3 is 0 Å². The van der Waals surface area contributed by atoms with Crippen LogP contribution in [0.1, 0.15) is 46.6 Å². The van der Waals surface area contributed by atoms with Gasteiger partial charge in [-0.15, -0.1) is 11.6 Å². The zero-order valence-electron chi connectivity index (χ0n) is 15.3. The molecule has 0 bridgehead atoms. The average molecular weight is 435 g/mol. The number of benzene rings is 1. The smallest absolute Gasteiger partial charge is 0.257 e. The highest BCUT2D eigenvalue weighted by Gasteiger charge is 2.42. The number of amides is 1. The third-order valence-electron chi connectivity index (χ3n) is 5.75. The van der Waals surface area contributed by atoms with Crippen LogP contribution in [0.25, 0.3) is 11.1 Å². The molecular weight excluding hydrogens is 417 g/mol.